The normalized spacial score (nSPS) is 10.8. The van der Waals surface area contributed by atoms with Gasteiger partial charge in [0.05, 0.1) is 11.3 Å². The standard InChI is InChI=1S/C26H26FN3O2S/c1-2-15-32-23-17-20(27)11-12-21(23)18-7-5-8-19(16-18)26(31)29-14-6-13-28-25-22-9-3-4-10-24(22)33-30-25/h3-5,7-12,16-17H,2,6,13-15H2,1H3,(H,28,30)(H,29,31). The van der Waals surface area contributed by atoms with Crippen LogP contribution in [-0.2, 0) is 0 Å². The third-order valence-corrected chi connectivity index (χ3v) is 5.98. The highest BCUT2D eigenvalue weighted by Gasteiger charge is 2.11. The number of nitrogens with zero attached hydrogens (tertiary/aromatic N) is 1. The zero-order valence-electron chi connectivity index (χ0n) is 18.4. The van der Waals surface area contributed by atoms with Crippen LogP contribution in [0.15, 0.2) is 66.7 Å². The van der Waals surface area contributed by atoms with E-state index in [1.807, 2.05) is 31.2 Å². The van der Waals surface area contributed by atoms with Gasteiger partial charge in [0.2, 0.25) is 0 Å². The van der Waals surface area contributed by atoms with E-state index in [1.54, 1.807) is 18.2 Å². The highest BCUT2D eigenvalue weighted by Crippen LogP contribution is 2.31. The van der Waals surface area contributed by atoms with Gasteiger partial charge in [-0.3, -0.25) is 4.79 Å². The van der Waals surface area contributed by atoms with E-state index in [0.29, 0.717) is 31.0 Å². The summed E-state index contributed by atoms with van der Waals surface area (Å²) in [6, 6.07) is 19.9. The molecule has 0 saturated carbocycles. The van der Waals surface area contributed by atoms with Crippen LogP contribution < -0.4 is 15.4 Å². The van der Waals surface area contributed by atoms with Crippen molar-refractivity contribution in [3.63, 3.8) is 0 Å². The maximum Gasteiger partial charge on any atom is 0.251 e. The number of benzene rings is 3. The smallest absolute Gasteiger partial charge is 0.251 e. The van der Waals surface area contributed by atoms with Crippen LogP contribution in [0.3, 0.4) is 0 Å². The van der Waals surface area contributed by atoms with E-state index in [1.165, 1.54) is 23.7 Å². The Hall–Kier alpha value is -3.45. The molecule has 0 bridgehead atoms. The number of rotatable bonds is 10. The van der Waals surface area contributed by atoms with Crippen molar-refractivity contribution in [1.29, 1.82) is 0 Å². The number of hydrogen-bond acceptors (Lipinski definition) is 5. The summed E-state index contributed by atoms with van der Waals surface area (Å²) in [5.41, 5.74) is 2.13. The van der Waals surface area contributed by atoms with Crippen LogP contribution in [0.4, 0.5) is 10.2 Å². The SMILES string of the molecule is CCCOc1cc(F)ccc1-c1cccc(C(=O)NCCCNc2nsc3ccccc23)c1. The first-order chi connectivity index (χ1) is 16.2. The van der Waals surface area contributed by atoms with Gasteiger partial charge in [0.15, 0.2) is 0 Å². The molecule has 5 nitrogen and oxygen atoms in total. The number of anilines is 1. The lowest BCUT2D eigenvalue weighted by Gasteiger charge is -2.12. The first-order valence-electron chi connectivity index (χ1n) is 11.0. The number of hydrogen-bond donors (Lipinski definition) is 2. The lowest BCUT2D eigenvalue weighted by molar-refractivity contribution is 0.0953. The minimum absolute atomic E-state index is 0.144. The second-order valence-electron chi connectivity index (χ2n) is 7.63. The van der Waals surface area contributed by atoms with E-state index in [9.17, 15) is 9.18 Å². The molecular weight excluding hydrogens is 437 g/mol. The predicted octanol–water partition coefficient (Wildman–Crippen LogP) is 6.12. The topological polar surface area (TPSA) is 63.2 Å². The quantitative estimate of drug-likeness (QED) is 0.278. The second-order valence-corrected chi connectivity index (χ2v) is 8.44. The van der Waals surface area contributed by atoms with Gasteiger partial charge in [0, 0.05) is 35.7 Å². The van der Waals surface area contributed by atoms with Crippen molar-refractivity contribution in [1.82, 2.24) is 9.69 Å². The van der Waals surface area contributed by atoms with Crippen LogP contribution in [0.5, 0.6) is 5.75 Å². The van der Waals surface area contributed by atoms with Gasteiger partial charge >= 0.3 is 0 Å². The number of amides is 1. The molecule has 0 unspecified atom stereocenters. The molecule has 2 N–H and O–H groups in total. The molecule has 0 saturated heterocycles. The molecule has 170 valence electrons. The van der Waals surface area contributed by atoms with Gasteiger partial charge in [-0.2, -0.15) is 4.37 Å². The average molecular weight is 464 g/mol. The van der Waals surface area contributed by atoms with E-state index in [-0.39, 0.29) is 11.7 Å². The summed E-state index contributed by atoms with van der Waals surface area (Å²) in [5, 5.41) is 7.42. The number of nitrogens with one attached hydrogen (secondary N) is 2. The Balaban J connectivity index is 1.33. The van der Waals surface area contributed by atoms with Crippen molar-refractivity contribution in [3.8, 4) is 16.9 Å². The Kier molecular flexibility index (Phi) is 7.52. The highest BCUT2D eigenvalue weighted by molar-refractivity contribution is 7.13. The lowest BCUT2D eigenvalue weighted by Crippen LogP contribution is -2.25. The maximum absolute atomic E-state index is 13.7. The van der Waals surface area contributed by atoms with E-state index < -0.39 is 0 Å². The molecule has 4 rings (SSSR count). The molecule has 4 aromatic rings. The van der Waals surface area contributed by atoms with Gasteiger partial charge in [0.25, 0.3) is 5.91 Å². The average Bonchev–Trinajstić information content (AvgIpc) is 3.25. The fourth-order valence-electron chi connectivity index (χ4n) is 3.51. The Labute approximate surface area is 196 Å². The number of halogens is 1. The first kappa shape index (κ1) is 22.7. The number of aromatic nitrogens is 1. The van der Waals surface area contributed by atoms with E-state index in [4.69, 9.17) is 4.74 Å². The molecule has 1 heterocycles. The summed E-state index contributed by atoms with van der Waals surface area (Å²) in [4.78, 5) is 12.7. The van der Waals surface area contributed by atoms with Crippen molar-refractivity contribution in [3.05, 3.63) is 78.1 Å². The molecule has 0 aliphatic heterocycles. The van der Waals surface area contributed by atoms with Crippen molar-refractivity contribution >= 4 is 33.3 Å². The molecule has 0 aliphatic rings. The molecule has 0 spiro atoms. The summed E-state index contributed by atoms with van der Waals surface area (Å²) in [7, 11) is 0. The molecule has 1 amide bonds. The third kappa shape index (κ3) is 5.68. The summed E-state index contributed by atoms with van der Waals surface area (Å²) in [5.74, 6) is 0.872. The van der Waals surface area contributed by atoms with Crippen molar-refractivity contribution in [2.45, 2.75) is 19.8 Å². The highest BCUT2D eigenvalue weighted by atomic mass is 32.1. The molecular formula is C26H26FN3O2S. The van der Waals surface area contributed by atoms with Gasteiger partial charge in [-0.1, -0.05) is 31.2 Å². The summed E-state index contributed by atoms with van der Waals surface area (Å²) < 4.78 is 25.0. The van der Waals surface area contributed by atoms with E-state index in [2.05, 4.69) is 27.1 Å². The maximum atomic E-state index is 13.7. The van der Waals surface area contributed by atoms with Crippen LogP contribution in [0, 0.1) is 5.82 Å². The van der Waals surface area contributed by atoms with E-state index in [0.717, 1.165) is 39.9 Å². The monoisotopic (exact) mass is 463 g/mol. The fraction of sp³-hybridized carbons (Fsp3) is 0.231. The molecule has 3 aromatic carbocycles. The number of carbonyl (C=O) groups is 1. The Morgan fingerprint density at radius 3 is 2.82 bits per heavy atom. The van der Waals surface area contributed by atoms with Gasteiger partial charge in [-0.15, -0.1) is 0 Å². The molecule has 33 heavy (non-hydrogen) atoms. The first-order valence-corrected chi connectivity index (χ1v) is 11.8. The minimum Gasteiger partial charge on any atom is -0.493 e. The van der Waals surface area contributed by atoms with Crippen molar-refractivity contribution in [2.75, 3.05) is 25.0 Å². The van der Waals surface area contributed by atoms with Crippen LogP contribution in [-0.4, -0.2) is 30.0 Å². The van der Waals surface area contributed by atoms with Crippen LogP contribution in [0.25, 0.3) is 21.2 Å². The van der Waals surface area contributed by atoms with Gasteiger partial charge in [0.1, 0.15) is 17.4 Å². The number of fused-ring (bicyclic) bond motifs is 1. The predicted molar refractivity (Wildman–Crippen MR) is 133 cm³/mol. The Morgan fingerprint density at radius 1 is 1.06 bits per heavy atom. The van der Waals surface area contributed by atoms with Crippen LogP contribution >= 0.6 is 11.5 Å². The van der Waals surface area contributed by atoms with Crippen LogP contribution in [0.1, 0.15) is 30.1 Å². The number of carbonyl (C=O) groups excluding carboxylic acids is 1. The van der Waals surface area contributed by atoms with Gasteiger partial charge in [-0.05, 0) is 66.3 Å². The summed E-state index contributed by atoms with van der Waals surface area (Å²) in [6.45, 7) is 3.75. The lowest BCUT2D eigenvalue weighted by atomic mass is 10.0. The summed E-state index contributed by atoms with van der Waals surface area (Å²) >= 11 is 1.47. The molecule has 7 heteroatoms. The Morgan fingerprint density at radius 2 is 1.94 bits per heavy atom. The molecule has 0 radical (unpaired) electrons. The van der Waals surface area contributed by atoms with Crippen molar-refractivity contribution in [2.24, 2.45) is 0 Å². The van der Waals surface area contributed by atoms with Gasteiger partial charge in [-0.25, -0.2) is 4.39 Å². The van der Waals surface area contributed by atoms with E-state index >= 15 is 0 Å². The second kappa shape index (κ2) is 10.9. The Bertz CT molecular complexity index is 1240. The van der Waals surface area contributed by atoms with Crippen LogP contribution in [0.2, 0.25) is 0 Å². The largest absolute Gasteiger partial charge is 0.493 e. The zero-order chi connectivity index (χ0) is 23.0. The zero-order valence-corrected chi connectivity index (χ0v) is 19.3. The number of ether oxygens (including phenoxy) is 1. The molecule has 1 aromatic heterocycles. The molecule has 0 fully saturated rings. The molecule has 0 aliphatic carbocycles. The summed E-state index contributed by atoms with van der Waals surface area (Å²) in [6.07, 6.45) is 1.59. The third-order valence-electron chi connectivity index (χ3n) is 5.15. The fourth-order valence-corrected chi connectivity index (χ4v) is 4.26. The van der Waals surface area contributed by atoms with Crippen molar-refractivity contribution < 1.29 is 13.9 Å². The minimum atomic E-state index is -0.349. The van der Waals surface area contributed by atoms with Gasteiger partial charge < -0.3 is 15.4 Å². The molecule has 0 atom stereocenters.